The van der Waals surface area contributed by atoms with Crippen LogP contribution in [-0.2, 0) is 6.42 Å². The zero-order chi connectivity index (χ0) is 25.4. The predicted octanol–water partition coefficient (Wildman–Crippen LogP) is 3.96. The molecule has 0 bridgehead atoms. The van der Waals surface area contributed by atoms with E-state index < -0.39 is 0 Å². The fourth-order valence-electron chi connectivity index (χ4n) is 5.26. The molecule has 2 aliphatic rings. The number of para-hydroxylation sites is 1. The van der Waals surface area contributed by atoms with Crippen LogP contribution in [0, 0.1) is 5.41 Å². The van der Waals surface area contributed by atoms with E-state index in [0.29, 0.717) is 55.8 Å². The van der Waals surface area contributed by atoms with Gasteiger partial charge in [0.2, 0.25) is 0 Å². The number of fused-ring (bicyclic) bond motifs is 1. The van der Waals surface area contributed by atoms with Gasteiger partial charge in [-0.3, -0.25) is 19.0 Å². The summed E-state index contributed by atoms with van der Waals surface area (Å²) in [4.78, 5) is 44.8. The normalized spacial score (nSPS) is 17.0. The van der Waals surface area contributed by atoms with Crippen LogP contribution >= 0.6 is 0 Å². The molecule has 0 saturated carbocycles. The van der Waals surface area contributed by atoms with Gasteiger partial charge in [-0.1, -0.05) is 32.0 Å². The number of benzene rings is 2. The molecule has 1 saturated heterocycles. The summed E-state index contributed by atoms with van der Waals surface area (Å²) in [7, 11) is 1.64. The van der Waals surface area contributed by atoms with Gasteiger partial charge < -0.3 is 14.5 Å². The van der Waals surface area contributed by atoms with Gasteiger partial charge in [0.15, 0.2) is 5.78 Å². The Morgan fingerprint density at radius 2 is 1.53 bits per heavy atom. The van der Waals surface area contributed by atoms with Crippen molar-refractivity contribution in [2.45, 2.75) is 26.7 Å². The second-order valence-electron chi connectivity index (χ2n) is 10.3. The molecule has 36 heavy (non-hydrogen) atoms. The number of amides is 1. The molecule has 1 amide bonds. The molecule has 1 aliphatic heterocycles. The minimum absolute atomic E-state index is 0.0238. The van der Waals surface area contributed by atoms with Crippen molar-refractivity contribution in [1.82, 2.24) is 9.47 Å². The predicted molar refractivity (Wildman–Crippen MR) is 140 cm³/mol. The number of methoxy groups -OCH3 is 1. The first-order valence-electron chi connectivity index (χ1n) is 12.3. The number of hydrogen-bond donors (Lipinski definition) is 0. The molecule has 7 heteroatoms. The molecular weight excluding hydrogens is 454 g/mol. The average Bonchev–Trinajstić information content (AvgIpc) is 2.88. The van der Waals surface area contributed by atoms with Gasteiger partial charge in [-0.05, 0) is 53.8 Å². The lowest BCUT2D eigenvalue weighted by atomic mass is 9.73. The molecule has 7 nitrogen and oxygen atoms in total. The zero-order valence-electron chi connectivity index (χ0n) is 21.0. The van der Waals surface area contributed by atoms with Gasteiger partial charge in [-0.15, -0.1) is 0 Å². The molecule has 0 radical (unpaired) electrons. The lowest BCUT2D eigenvalue weighted by Gasteiger charge is -2.37. The largest absolute Gasteiger partial charge is 0.497 e. The van der Waals surface area contributed by atoms with E-state index in [-0.39, 0.29) is 28.2 Å². The molecule has 0 atom stereocenters. The summed E-state index contributed by atoms with van der Waals surface area (Å²) in [6, 6.07) is 17.0. The lowest BCUT2D eigenvalue weighted by molar-refractivity contribution is 0.0742. The number of rotatable bonds is 4. The number of aromatic nitrogens is 1. The highest BCUT2D eigenvalue weighted by Crippen LogP contribution is 2.36. The van der Waals surface area contributed by atoms with E-state index in [9.17, 15) is 14.4 Å². The van der Waals surface area contributed by atoms with Crippen molar-refractivity contribution in [3.8, 4) is 11.4 Å². The Morgan fingerprint density at radius 3 is 2.17 bits per heavy atom. The number of piperazine rings is 1. The van der Waals surface area contributed by atoms with Gasteiger partial charge >= 0.3 is 0 Å². The van der Waals surface area contributed by atoms with E-state index in [4.69, 9.17) is 4.74 Å². The maximum Gasteiger partial charge on any atom is 0.268 e. The summed E-state index contributed by atoms with van der Waals surface area (Å²) in [6.45, 7) is 6.33. The smallest absolute Gasteiger partial charge is 0.268 e. The van der Waals surface area contributed by atoms with Gasteiger partial charge in [0, 0.05) is 55.7 Å². The Balaban J connectivity index is 1.49. The summed E-state index contributed by atoms with van der Waals surface area (Å²) in [6.07, 6.45) is 2.54. The van der Waals surface area contributed by atoms with Crippen LogP contribution in [0.15, 0.2) is 65.6 Å². The molecule has 1 aliphatic carbocycles. The summed E-state index contributed by atoms with van der Waals surface area (Å²) >= 11 is 0. The van der Waals surface area contributed by atoms with Crippen molar-refractivity contribution in [3.05, 3.63) is 87.8 Å². The van der Waals surface area contributed by atoms with Gasteiger partial charge in [-0.25, -0.2) is 0 Å². The van der Waals surface area contributed by atoms with E-state index in [1.54, 1.807) is 18.2 Å². The number of carbonyl (C=O) groups excluding carboxylic acids is 2. The third kappa shape index (κ3) is 4.41. The number of carbonyl (C=O) groups is 2. The molecule has 2 heterocycles. The van der Waals surface area contributed by atoms with Crippen molar-refractivity contribution >= 4 is 17.4 Å². The van der Waals surface area contributed by atoms with Crippen LogP contribution in [0.1, 0.15) is 46.5 Å². The standard InChI is InChI=1S/C29H31N3O4/c1-29(2)17-23-24(25(33)18-29)19-32(21-7-5-4-6-8-21)28(35)26(23)27(34)31-15-13-30(14-16-31)20-9-11-22(36-3)12-10-20/h4-12,19H,13-18H2,1-3H3. The fourth-order valence-corrected chi connectivity index (χ4v) is 5.26. The first-order valence-corrected chi connectivity index (χ1v) is 12.3. The third-order valence-electron chi connectivity index (χ3n) is 7.17. The van der Waals surface area contributed by atoms with Gasteiger partial charge in [0.1, 0.15) is 11.3 Å². The van der Waals surface area contributed by atoms with Crippen LogP contribution in [0.5, 0.6) is 5.75 Å². The van der Waals surface area contributed by atoms with Crippen molar-refractivity contribution in [3.63, 3.8) is 0 Å². The highest BCUT2D eigenvalue weighted by molar-refractivity contribution is 6.04. The minimum atomic E-state index is -0.368. The second-order valence-corrected chi connectivity index (χ2v) is 10.3. The van der Waals surface area contributed by atoms with Crippen molar-refractivity contribution in [1.29, 1.82) is 0 Å². The summed E-state index contributed by atoms with van der Waals surface area (Å²) in [5.41, 5.74) is 2.25. The molecule has 186 valence electrons. The summed E-state index contributed by atoms with van der Waals surface area (Å²) in [5.74, 6) is 0.485. The first kappa shape index (κ1) is 23.9. The third-order valence-corrected chi connectivity index (χ3v) is 7.17. The minimum Gasteiger partial charge on any atom is -0.497 e. The van der Waals surface area contributed by atoms with E-state index >= 15 is 0 Å². The number of hydrogen-bond acceptors (Lipinski definition) is 5. The maximum atomic E-state index is 13.9. The Bertz CT molecular complexity index is 1350. The number of nitrogens with zero attached hydrogens (tertiary/aromatic N) is 3. The van der Waals surface area contributed by atoms with Gasteiger partial charge in [0.05, 0.1) is 7.11 Å². The van der Waals surface area contributed by atoms with Crippen LogP contribution < -0.4 is 15.2 Å². The SMILES string of the molecule is COc1ccc(N2CCN(C(=O)c3c4c(cn(-c5ccccc5)c3=O)C(=O)CC(C)(C)C4)CC2)cc1. The van der Waals surface area contributed by atoms with Crippen LogP contribution in [-0.4, -0.2) is 54.4 Å². The first-order chi connectivity index (χ1) is 17.3. The zero-order valence-corrected chi connectivity index (χ0v) is 21.0. The molecule has 5 rings (SSSR count). The van der Waals surface area contributed by atoms with E-state index in [2.05, 4.69) is 4.90 Å². The number of pyridine rings is 1. The van der Waals surface area contributed by atoms with Gasteiger partial charge in [-0.2, -0.15) is 0 Å². The molecule has 0 unspecified atom stereocenters. The average molecular weight is 486 g/mol. The molecule has 0 N–H and O–H groups in total. The number of ether oxygens (including phenoxy) is 1. The summed E-state index contributed by atoms with van der Waals surface area (Å²) in [5, 5.41) is 0. The van der Waals surface area contributed by atoms with E-state index in [1.165, 1.54) is 4.57 Å². The van der Waals surface area contributed by atoms with Crippen LogP contribution in [0.25, 0.3) is 5.69 Å². The van der Waals surface area contributed by atoms with Gasteiger partial charge in [0.25, 0.3) is 11.5 Å². The molecule has 0 spiro atoms. The molecule has 1 aromatic heterocycles. The molecular formula is C29H31N3O4. The lowest BCUT2D eigenvalue weighted by Crippen LogP contribution is -2.50. The van der Waals surface area contributed by atoms with Crippen LogP contribution in [0.2, 0.25) is 0 Å². The Morgan fingerprint density at radius 1 is 0.861 bits per heavy atom. The maximum absolute atomic E-state index is 13.9. The monoisotopic (exact) mass is 485 g/mol. The highest BCUT2D eigenvalue weighted by atomic mass is 16.5. The Labute approximate surface area is 210 Å². The molecule has 2 aromatic carbocycles. The number of anilines is 1. The van der Waals surface area contributed by atoms with E-state index in [0.717, 1.165) is 11.4 Å². The second kappa shape index (κ2) is 9.30. The van der Waals surface area contributed by atoms with Crippen molar-refractivity contribution in [2.24, 2.45) is 5.41 Å². The van der Waals surface area contributed by atoms with Crippen LogP contribution in [0.3, 0.4) is 0 Å². The topological polar surface area (TPSA) is 71.8 Å². The summed E-state index contributed by atoms with van der Waals surface area (Å²) < 4.78 is 6.70. The van der Waals surface area contributed by atoms with Crippen LogP contribution in [0.4, 0.5) is 5.69 Å². The fraction of sp³-hybridized carbons (Fsp3) is 0.345. The van der Waals surface area contributed by atoms with Crippen molar-refractivity contribution < 1.29 is 14.3 Å². The number of Topliss-reactive ketones (excluding diaryl/α,β-unsaturated/α-hetero) is 1. The molecule has 3 aromatic rings. The Kier molecular flexibility index (Phi) is 6.16. The quantitative estimate of drug-likeness (QED) is 0.559. The highest BCUT2D eigenvalue weighted by Gasteiger charge is 2.37. The number of ketones is 1. The van der Waals surface area contributed by atoms with Crippen molar-refractivity contribution in [2.75, 3.05) is 38.2 Å². The van der Waals surface area contributed by atoms with E-state index in [1.807, 2.05) is 68.4 Å². The molecule has 1 fully saturated rings. The Hall–Kier alpha value is -3.87.